The average Bonchev–Trinajstić information content (AvgIpc) is 2.90. The smallest absolute Gasteiger partial charge is 0.138 e. The standard InChI is InChI=1S/C20H22O3/c1-12-13(2)20-18(17(10-21)15(4)23-20)14(3)19(12)22-11-16-8-6-5-7-9-16/h5-9,21H,10-11H2,1-4H3. The lowest BCUT2D eigenvalue weighted by Crippen LogP contribution is -2.01. The van der Waals surface area contributed by atoms with E-state index in [-0.39, 0.29) is 6.61 Å². The SMILES string of the molecule is Cc1oc2c(C)c(C)c(OCc3ccccc3)c(C)c2c1CO. The van der Waals surface area contributed by atoms with Gasteiger partial charge in [0.15, 0.2) is 0 Å². The van der Waals surface area contributed by atoms with Crippen LogP contribution in [0.1, 0.15) is 33.6 Å². The number of aliphatic hydroxyl groups excluding tert-OH is 1. The molecule has 3 rings (SSSR count). The van der Waals surface area contributed by atoms with Crippen LogP contribution in [-0.2, 0) is 13.2 Å². The van der Waals surface area contributed by atoms with Gasteiger partial charge in [-0.25, -0.2) is 0 Å². The molecule has 1 N–H and O–H groups in total. The Hall–Kier alpha value is -2.26. The largest absolute Gasteiger partial charge is 0.488 e. The minimum absolute atomic E-state index is 0.0275. The summed E-state index contributed by atoms with van der Waals surface area (Å²) in [4.78, 5) is 0. The molecule has 0 saturated carbocycles. The van der Waals surface area contributed by atoms with E-state index < -0.39 is 0 Å². The average molecular weight is 310 g/mol. The van der Waals surface area contributed by atoms with E-state index in [1.165, 1.54) is 0 Å². The van der Waals surface area contributed by atoms with Crippen molar-refractivity contribution in [2.45, 2.75) is 40.9 Å². The second kappa shape index (κ2) is 6.09. The highest BCUT2D eigenvalue weighted by molar-refractivity contribution is 5.91. The summed E-state index contributed by atoms with van der Waals surface area (Å²) < 4.78 is 12.0. The summed E-state index contributed by atoms with van der Waals surface area (Å²) in [6.07, 6.45) is 0. The number of fused-ring (bicyclic) bond motifs is 1. The van der Waals surface area contributed by atoms with Gasteiger partial charge in [-0.3, -0.25) is 0 Å². The summed E-state index contributed by atoms with van der Waals surface area (Å²) in [5.74, 6) is 1.66. The van der Waals surface area contributed by atoms with Crippen molar-refractivity contribution in [1.82, 2.24) is 0 Å². The van der Waals surface area contributed by atoms with Gasteiger partial charge in [-0.1, -0.05) is 30.3 Å². The van der Waals surface area contributed by atoms with Crippen molar-refractivity contribution in [2.24, 2.45) is 0 Å². The Morgan fingerprint density at radius 2 is 1.65 bits per heavy atom. The van der Waals surface area contributed by atoms with Gasteiger partial charge in [0.25, 0.3) is 0 Å². The Kier molecular flexibility index (Phi) is 4.14. The number of rotatable bonds is 4. The maximum atomic E-state index is 9.69. The first-order valence-corrected chi connectivity index (χ1v) is 7.84. The molecule has 0 atom stereocenters. The lowest BCUT2D eigenvalue weighted by molar-refractivity contribution is 0.280. The lowest BCUT2D eigenvalue weighted by atomic mass is 9.98. The van der Waals surface area contributed by atoms with Crippen LogP contribution in [0.25, 0.3) is 11.0 Å². The molecule has 3 nitrogen and oxygen atoms in total. The van der Waals surface area contributed by atoms with Gasteiger partial charge in [0, 0.05) is 16.5 Å². The second-order valence-electron chi connectivity index (χ2n) is 5.98. The molecule has 23 heavy (non-hydrogen) atoms. The summed E-state index contributed by atoms with van der Waals surface area (Å²) in [5, 5.41) is 10.7. The highest BCUT2D eigenvalue weighted by Gasteiger charge is 2.20. The first kappa shape index (κ1) is 15.6. The summed E-state index contributed by atoms with van der Waals surface area (Å²) in [6, 6.07) is 10.1. The monoisotopic (exact) mass is 310 g/mol. The summed E-state index contributed by atoms with van der Waals surface area (Å²) in [7, 11) is 0. The highest BCUT2D eigenvalue weighted by Crippen LogP contribution is 2.39. The van der Waals surface area contributed by atoms with Crippen LogP contribution in [0, 0.1) is 27.7 Å². The minimum Gasteiger partial charge on any atom is -0.488 e. The molecule has 0 spiro atoms. The molecule has 1 aromatic heterocycles. The third-order valence-corrected chi connectivity index (χ3v) is 4.55. The van der Waals surface area contributed by atoms with Crippen molar-refractivity contribution >= 4 is 11.0 Å². The van der Waals surface area contributed by atoms with Crippen LogP contribution in [0.5, 0.6) is 5.75 Å². The van der Waals surface area contributed by atoms with E-state index in [2.05, 4.69) is 19.1 Å². The second-order valence-corrected chi connectivity index (χ2v) is 5.98. The fourth-order valence-corrected chi connectivity index (χ4v) is 3.11. The molecule has 0 aliphatic heterocycles. The molecule has 0 radical (unpaired) electrons. The number of ether oxygens (including phenoxy) is 1. The third kappa shape index (κ3) is 2.62. The van der Waals surface area contributed by atoms with E-state index >= 15 is 0 Å². The van der Waals surface area contributed by atoms with E-state index in [4.69, 9.17) is 9.15 Å². The van der Waals surface area contributed by atoms with Gasteiger partial charge in [0.05, 0.1) is 6.61 Å². The van der Waals surface area contributed by atoms with Crippen LogP contribution in [-0.4, -0.2) is 5.11 Å². The van der Waals surface area contributed by atoms with Crippen LogP contribution >= 0.6 is 0 Å². The molecule has 0 bridgehead atoms. The molecule has 3 heteroatoms. The predicted octanol–water partition coefficient (Wildman–Crippen LogP) is 4.74. The number of hydrogen-bond donors (Lipinski definition) is 1. The number of furan rings is 1. The molecule has 0 amide bonds. The first-order valence-electron chi connectivity index (χ1n) is 7.84. The molecule has 0 aliphatic rings. The number of aliphatic hydroxyl groups is 1. The van der Waals surface area contributed by atoms with Gasteiger partial charge >= 0.3 is 0 Å². The van der Waals surface area contributed by atoms with Crippen LogP contribution in [0.15, 0.2) is 34.7 Å². The predicted molar refractivity (Wildman–Crippen MR) is 91.9 cm³/mol. The first-order chi connectivity index (χ1) is 11.0. The Morgan fingerprint density at radius 1 is 0.957 bits per heavy atom. The van der Waals surface area contributed by atoms with Crippen molar-refractivity contribution in [3.8, 4) is 5.75 Å². The number of aryl methyl sites for hydroxylation is 3. The van der Waals surface area contributed by atoms with Crippen molar-refractivity contribution in [3.63, 3.8) is 0 Å². The summed E-state index contributed by atoms with van der Waals surface area (Å²) in [6.45, 7) is 8.52. The zero-order valence-corrected chi connectivity index (χ0v) is 14.1. The molecule has 0 saturated heterocycles. The topological polar surface area (TPSA) is 42.6 Å². The Balaban J connectivity index is 2.09. The van der Waals surface area contributed by atoms with Crippen LogP contribution in [0.4, 0.5) is 0 Å². The van der Waals surface area contributed by atoms with Gasteiger partial charge < -0.3 is 14.3 Å². The van der Waals surface area contributed by atoms with Crippen molar-refractivity contribution in [1.29, 1.82) is 0 Å². The fourth-order valence-electron chi connectivity index (χ4n) is 3.11. The molecule has 3 aromatic rings. The van der Waals surface area contributed by atoms with Gasteiger partial charge in [0.2, 0.25) is 0 Å². The van der Waals surface area contributed by atoms with Crippen LogP contribution in [0.2, 0.25) is 0 Å². The Bertz CT molecular complexity index is 845. The van der Waals surface area contributed by atoms with Crippen LogP contribution in [0.3, 0.4) is 0 Å². The van der Waals surface area contributed by atoms with Crippen molar-refractivity contribution in [2.75, 3.05) is 0 Å². The summed E-state index contributed by atoms with van der Waals surface area (Å²) in [5.41, 5.74) is 6.02. The third-order valence-electron chi connectivity index (χ3n) is 4.55. The lowest BCUT2D eigenvalue weighted by Gasteiger charge is -2.15. The molecule has 2 aromatic carbocycles. The summed E-state index contributed by atoms with van der Waals surface area (Å²) >= 11 is 0. The highest BCUT2D eigenvalue weighted by atomic mass is 16.5. The minimum atomic E-state index is -0.0275. The van der Waals surface area contributed by atoms with Gasteiger partial charge in [-0.05, 0) is 44.4 Å². The molecule has 0 aliphatic carbocycles. The Morgan fingerprint density at radius 3 is 2.30 bits per heavy atom. The molecule has 0 unspecified atom stereocenters. The van der Waals surface area contributed by atoms with Crippen molar-refractivity contribution in [3.05, 3.63) is 63.9 Å². The van der Waals surface area contributed by atoms with E-state index in [0.29, 0.717) is 6.61 Å². The van der Waals surface area contributed by atoms with E-state index in [1.807, 2.05) is 39.0 Å². The number of benzene rings is 2. The molecular weight excluding hydrogens is 288 g/mol. The van der Waals surface area contributed by atoms with Gasteiger partial charge in [-0.15, -0.1) is 0 Å². The molecular formula is C20H22O3. The molecule has 1 heterocycles. The molecule has 120 valence electrons. The van der Waals surface area contributed by atoms with E-state index in [9.17, 15) is 5.11 Å². The quantitative estimate of drug-likeness (QED) is 0.757. The van der Waals surface area contributed by atoms with Crippen molar-refractivity contribution < 1.29 is 14.3 Å². The normalized spacial score (nSPS) is 11.2. The Labute approximate surface area is 136 Å². The fraction of sp³-hybridized carbons (Fsp3) is 0.300. The van der Waals surface area contributed by atoms with E-state index in [0.717, 1.165) is 50.3 Å². The van der Waals surface area contributed by atoms with Crippen LogP contribution < -0.4 is 4.74 Å². The zero-order valence-electron chi connectivity index (χ0n) is 14.1. The number of hydrogen-bond acceptors (Lipinski definition) is 3. The maximum Gasteiger partial charge on any atom is 0.138 e. The maximum absolute atomic E-state index is 9.69. The van der Waals surface area contributed by atoms with E-state index in [1.54, 1.807) is 0 Å². The zero-order chi connectivity index (χ0) is 16.6. The molecule has 0 fully saturated rings. The van der Waals surface area contributed by atoms with Gasteiger partial charge in [-0.2, -0.15) is 0 Å². The van der Waals surface area contributed by atoms with Gasteiger partial charge in [0.1, 0.15) is 23.7 Å².